The zero-order chi connectivity index (χ0) is 12.1. The van der Waals surface area contributed by atoms with E-state index in [4.69, 9.17) is 5.26 Å². The average molecular weight is 233 g/mol. The average Bonchev–Trinajstić information content (AvgIpc) is 2.37. The predicted octanol–water partition coefficient (Wildman–Crippen LogP) is 2.25. The molecule has 2 N–H and O–H groups in total. The van der Waals surface area contributed by atoms with Gasteiger partial charge >= 0.3 is 0 Å². The number of benzene rings is 1. The summed E-state index contributed by atoms with van der Waals surface area (Å²) in [4.78, 5) is 0. The zero-order valence-corrected chi connectivity index (χ0v) is 9.67. The van der Waals surface area contributed by atoms with Crippen LogP contribution in [0, 0.1) is 17.1 Å². The van der Waals surface area contributed by atoms with E-state index in [1.807, 2.05) is 6.07 Å². The summed E-state index contributed by atoms with van der Waals surface area (Å²) < 4.78 is 13.2. The molecule has 0 bridgehead atoms. The Bertz CT molecular complexity index is 419. The van der Waals surface area contributed by atoms with E-state index < -0.39 is 0 Å². The molecule has 0 aliphatic carbocycles. The number of nitrogens with zero attached hydrogens (tertiary/aromatic N) is 1. The summed E-state index contributed by atoms with van der Waals surface area (Å²) >= 11 is 0. The van der Waals surface area contributed by atoms with Gasteiger partial charge in [0.15, 0.2) is 0 Å². The van der Waals surface area contributed by atoms with E-state index >= 15 is 0 Å². The highest BCUT2D eigenvalue weighted by Gasteiger charge is 2.12. The second kappa shape index (κ2) is 5.65. The fraction of sp³-hybridized carbons (Fsp3) is 0.462. The summed E-state index contributed by atoms with van der Waals surface area (Å²) in [7, 11) is 0. The van der Waals surface area contributed by atoms with Crippen molar-refractivity contribution >= 4 is 5.69 Å². The minimum absolute atomic E-state index is 0.351. The number of nitrogens with one attached hydrogen (secondary N) is 2. The van der Waals surface area contributed by atoms with Gasteiger partial charge in [-0.25, -0.2) is 4.39 Å². The van der Waals surface area contributed by atoms with Gasteiger partial charge in [-0.2, -0.15) is 5.26 Å². The molecule has 90 valence electrons. The van der Waals surface area contributed by atoms with Gasteiger partial charge < -0.3 is 10.6 Å². The lowest BCUT2D eigenvalue weighted by Crippen LogP contribution is -2.39. The minimum atomic E-state index is -0.372. The second-order valence-corrected chi connectivity index (χ2v) is 4.37. The first-order valence-electron chi connectivity index (χ1n) is 5.96. The second-order valence-electron chi connectivity index (χ2n) is 4.37. The Morgan fingerprint density at radius 2 is 2.29 bits per heavy atom. The molecule has 1 saturated heterocycles. The molecule has 1 heterocycles. The predicted molar refractivity (Wildman–Crippen MR) is 65.2 cm³/mol. The van der Waals surface area contributed by atoms with Crippen LogP contribution in [0.4, 0.5) is 10.1 Å². The van der Waals surface area contributed by atoms with Gasteiger partial charge in [-0.3, -0.25) is 0 Å². The van der Waals surface area contributed by atoms with E-state index in [0.29, 0.717) is 17.3 Å². The van der Waals surface area contributed by atoms with E-state index in [0.717, 1.165) is 19.5 Å². The fourth-order valence-corrected chi connectivity index (χ4v) is 2.10. The number of anilines is 1. The molecule has 1 aliphatic heterocycles. The number of piperidine rings is 1. The van der Waals surface area contributed by atoms with Crippen LogP contribution >= 0.6 is 0 Å². The summed E-state index contributed by atoms with van der Waals surface area (Å²) in [5, 5.41) is 15.3. The molecule has 1 aromatic carbocycles. The summed E-state index contributed by atoms with van der Waals surface area (Å²) in [5.74, 6) is -0.372. The number of halogens is 1. The molecule has 1 fully saturated rings. The molecule has 1 atom stereocenters. The molecule has 1 unspecified atom stereocenters. The van der Waals surface area contributed by atoms with Gasteiger partial charge in [0.05, 0.1) is 11.6 Å². The molecule has 3 nitrogen and oxygen atoms in total. The largest absolute Gasteiger partial charge is 0.383 e. The number of hydrogen-bond acceptors (Lipinski definition) is 3. The van der Waals surface area contributed by atoms with Crippen molar-refractivity contribution < 1.29 is 4.39 Å². The molecule has 0 amide bonds. The topological polar surface area (TPSA) is 47.9 Å². The zero-order valence-electron chi connectivity index (χ0n) is 9.67. The van der Waals surface area contributed by atoms with E-state index in [1.165, 1.54) is 25.0 Å². The van der Waals surface area contributed by atoms with Crippen LogP contribution in [0.3, 0.4) is 0 Å². The highest BCUT2D eigenvalue weighted by Crippen LogP contribution is 2.14. The van der Waals surface area contributed by atoms with Crippen molar-refractivity contribution in [1.82, 2.24) is 5.32 Å². The van der Waals surface area contributed by atoms with E-state index in [1.54, 1.807) is 6.07 Å². The quantitative estimate of drug-likeness (QED) is 0.841. The van der Waals surface area contributed by atoms with E-state index in [-0.39, 0.29) is 5.82 Å². The maximum absolute atomic E-state index is 13.2. The third-order valence-corrected chi connectivity index (χ3v) is 2.99. The Hall–Kier alpha value is -1.60. The first-order valence-corrected chi connectivity index (χ1v) is 5.96. The summed E-state index contributed by atoms with van der Waals surface area (Å²) in [5.41, 5.74) is 1.03. The SMILES string of the molecule is N#Cc1cc(F)cc(NCC2CCCCN2)c1. The van der Waals surface area contributed by atoms with Crippen LogP contribution in [0.15, 0.2) is 18.2 Å². The lowest BCUT2D eigenvalue weighted by atomic mass is 10.1. The van der Waals surface area contributed by atoms with Crippen LogP contribution in [-0.2, 0) is 0 Å². The van der Waals surface area contributed by atoms with E-state index in [2.05, 4.69) is 10.6 Å². The Balaban J connectivity index is 1.94. The summed E-state index contributed by atoms with van der Waals surface area (Å²) in [6.07, 6.45) is 3.62. The smallest absolute Gasteiger partial charge is 0.126 e. The monoisotopic (exact) mass is 233 g/mol. The lowest BCUT2D eigenvalue weighted by molar-refractivity contribution is 0.414. The van der Waals surface area contributed by atoms with Crippen LogP contribution in [0.1, 0.15) is 24.8 Å². The first kappa shape index (κ1) is 11.9. The van der Waals surface area contributed by atoms with Crippen LogP contribution in [0.25, 0.3) is 0 Å². The van der Waals surface area contributed by atoms with Crippen molar-refractivity contribution in [2.45, 2.75) is 25.3 Å². The Labute approximate surface area is 101 Å². The molecule has 2 rings (SSSR count). The molecule has 0 spiro atoms. The molecule has 1 aromatic rings. The maximum Gasteiger partial charge on any atom is 0.126 e. The van der Waals surface area contributed by atoms with Crippen LogP contribution in [0.5, 0.6) is 0 Å². The molecular weight excluding hydrogens is 217 g/mol. The molecule has 0 aromatic heterocycles. The molecule has 4 heteroatoms. The third kappa shape index (κ3) is 3.43. The highest BCUT2D eigenvalue weighted by atomic mass is 19.1. The Kier molecular flexibility index (Phi) is 3.94. The van der Waals surface area contributed by atoms with Crippen LogP contribution < -0.4 is 10.6 Å². The van der Waals surface area contributed by atoms with Gasteiger partial charge in [-0.1, -0.05) is 6.42 Å². The minimum Gasteiger partial charge on any atom is -0.383 e. The Morgan fingerprint density at radius 3 is 3.00 bits per heavy atom. The van der Waals surface area contributed by atoms with Crippen LogP contribution in [0.2, 0.25) is 0 Å². The third-order valence-electron chi connectivity index (χ3n) is 2.99. The van der Waals surface area contributed by atoms with Crippen molar-refractivity contribution in [3.05, 3.63) is 29.6 Å². The van der Waals surface area contributed by atoms with Gasteiger partial charge in [0.25, 0.3) is 0 Å². The molecule has 0 radical (unpaired) electrons. The van der Waals surface area contributed by atoms with Crippen LogP contribution in [-0.4, -0.2) is 19.1 Å². The lowest BCUT2D eigenvalue weighted by Gasteiger charge is -2.24. The van der Waals surface area contributed by atoms with Gasteiger partial charge in [0.1, 0.15) is 5.82 Å². The van der Waals surface area contributed by atoms with E-state index in [9.17, 15) is 4.39 Å². The normalized spacial score (nSPS) is 19.6. The number of nitriles is 1. The van der Waals surface area contributed by atoms with Gasteiger partial charge in [0.2, 0.25) is 0 Å². The summed E-state index contributed by atoms with van der Waals surface area (Å²) in [6.45, 7) is 1.83. The molecular formula is C13H16FN3. The number of rotatable bonds is 3. The van der Waals surface area contributed by atoms with Gasteiger partial charge in [0, 0.05) is 18.3 Å². The maximum atomic E-state index is 13.2. The van der Waals surface area contributed by atoms with Crippen molar-refractivity contribution in [3.8, 4) is 6.07 Å². The van der Waals surface area contributed by atoms with Crippen molar-refractivity contribution in [2.75, 3.05) is 18.4 Å². The standard InChI is InChI=1S/C13H16FN3/c14-11-5-10(8-15)6-13(7-11)17-9-12-3-1-2-4-16-12/h5-7,12,16-17H,1-4,9H2. The molecule has 0 saturated carbocycles. The summed E-state index contributed by atoms with van der Waals surface area (Å²) in [6, 6.07) is 6.73. The van der Waals surface area contributed by atoms with Gasteiger partial charge in [-0.15, -0.1) is 0 Å². The van der Waals surface area contributed by atoms with Gasteiger partial charge in [-0.05, 0) is 37.6 Å². The molecule has 1 aliphatic rings. The first-order chi connectivity index (χ1) is 8.28. The van der Waals surface area contributed by atoms with Crippen molar-refractivity contribution in [1.29, 1.82) is 5.26 Å². The van der Waals surface area contributed by atoms with Crippen molar-refractivity contribution in [3.63, 3.8) is 0 Å². The highest BCUT2D eigenvalue weighted by molar-refractivity contribution is 5.49. The molecule has 17 heavy (non-hydrogen) atoms. The number of hydrogen-bond donors (Lipinski definition) is 2. The Morgan fingerprint density at radius 1 is 1.41 bits per heavy atom. The van der Waals surface area contributed by atoms with Crippen molar-refractivity contribution in [2.24, 2.45) is 0 Å². The fourth-order valence-electron chi connectivity index (χ4n) is 2.10.